The van der Waals surface area contributed by atoms with Crippen molar-refractivity contribution in [3.8, 4) is 17.2 Å². The maximum Gasteiger partial charge on any atom is 0.254 e. The molecule has 170 valence electrons. The first-order valence-electron chi connectivity index (χ1n) is 10.3. The first kappa shape index (κ1) is 23.9. The molecular weight excluding hydrogens is 448 g/mol. The van der Waals surface area contributed by atoms with Crippen LogP contribution < -0.4 is 14.2 Å². The number of halogens is 1. The van der Waals surface area contributed by atoms with Gasteiger partial charge in [-0.3, -0.25) is 4.79 Å². The van der Waals surface area contributed by atoms with Crippen molar-refractivity contribution in [2.75, 3.05) is 14.2 Å². The third-order valence-electron chi connectivity index (χ3n) is 5.13. The number of hydrogen-bond donors (Lipinski definition) is 0. The molecule has 0 unspecified atom stereocenters. The van der Waals surface area contributed by atoms with Gasteiger partial charge in [0, 0.05) is 22.0 Å². The second-order valence-electron chi connectivity index (χ2n) is 7.21. The van der Waals surface area contributed by atoms with Crippen LogP contribution in [0.15, 0.2) is 47.8 Å². The SMILES string of the molecule is CC[C@H](C)N(Cc1csc(COc2c(OC)cccc2OC)n1)C(=O)c1ccc(Cl)cc1. The summed E-state index contributed by atoms with van der Waals surface area (Å²) in [6.07, 6.45) is 0.840. The van der Waals surface area contributed by atoms with Crippen molar-refractivity contribution in [1.82, 2.24) is 9.88 Å². The molecule has 0 fully saturated rings. The molecule has 0 saturated carbocycles. The van der Waals surface area contributed by atoms with Gasteiger partial charge in [-0.1, -0.05) is 24.6 Å². The Labute approximate surface area is 197 Å². The second kappa shape index (κ2) is 11.2. The van der Waals surface area contributed by atoms with Gasteiger partial charge in [0.2, 0.25) is 5.75 Å². The fraction of sp³-hybridized carbons (Fsp3) is 0.333. The summed E-state index contributed by atoms with van der Waals surface area (Å²) < 4.78 is 16.7. The predicted octanol–water partition coefficient (Wildman–Crippen LogP) is 5.83. The van der Waals surface area contributed by atoms with E-state index in [1.807, 2.05) is 35.4 Å². The molecule has 0 bridgehead atoms. The summed E-state index contributed by atoms with van der Waals surface area (Å²) in [5, 5.41) is 3.37. The van der Waals surface area contributed by atoms with Crippen LogP contribution in [0, 0.1) is 0 Å². The van der Waals surface area contributed by atoms with Crippen LogP contribution in [0.25, 0.3) is 0 Å². The van der Waals surface area contributed by atoms with Crippen LogP contribution in [0.4, 0.5) is 0 Å². The van der Waals surface area contributed by atoms with Crippen LogP contribution in [-0.2, 0) is 13.2 Å². The van der Waals surface area contributed by atoms with Crippen LogP contribution in [-0.4, -0.2) is 36.1 Å². The van der Waals surface area contributed by atoms with Crippen molar-refractivity contribution < 1.29 is 19.0 Å². The molecule has 8 heteroatoms. The Morgan fingerprint density at radius 1 is 1.12 bits per heavy atom. The molecule has 0 radical (unpaired) electrons. The highest BCUT2D eigenvalue weighted by Crippen LogP contribution is 2.37. The molecule has 0 aliphatic heterocycles. The first-order valence-corrected chi connectivity index (χ1v) is 11.6. The van der Waals surface area contributed by atoms with Gasteiger partial charge in [-0.15, -0.1) is 11.3 Å². The maximum absolute atomic E-state index is 13.1. The molecule has 32 heavy (non-hydrogen) atoms. The van der Waals surface area contributed by atoms with E-state index in [9.17, 15) is 4.79 Å². The number of benzene rings is 2. The summed E-state index contributed by atoms with van der Waals surface area (Å²) in [6, 6.07) is 12.5. The van der Waals surface area contributed by atoms with Crippen molar-refractivity contribution in [1.29, 1.82) is 0 Å². The molecule has 0 N–H and O–H groups in total. The lowest BCUT2D eigenvalue weighted by atomic mass is 10.1. The minimum Gasteiger partial charge on any atom is -0.493 e. The molecule has 2 aromatic carbocycles. The molecule has 1 heterocycles. The number of carbonyl (C=O) groups excluding carboxylic acids is 1. The topological polar surface area (TPSA) is 60.9 Å². The molecule has 0 saturated heterocycles. The maximum atomic E-state index is 13.1. The number of carbonyl (C=O) groups is 1. The standard InChI is InChI=1S/C24H27ClN2O4S/c1-5-16(2)27(24(28)17-9-11-18(25)12-10-17)13-19-15-32-22(26-19)14-31-23-20(29-3)7-6-8-21(23)30-4/h6-12,15-16H,5,13-14H2,1-4H3/t16-/m0/s1. The Bertz CT molecular complexity index is 1020. The van der Waals surface area contributed by atoms with E-state index in [2.05, 4.69) is 11.9 Å². The number of amides is 1. The van der Waals surface area contributed by atoms with Gasteiger partial charge in [0.25, 0.3) is 5.91 Å². The van der Waals surface area contributed by atoms with Gasteiger partial charge in [-0.2, -0.15) is 0 Å². The molecule has 3 rings (SSSR count). The number of ether oxygens (including phenoxy) is 3. The van der Waals surface area contributed by atoms with Crippen LogP contribution in [0.5, 0.6) is 17.2 Å². The van der Waals surface area contributed by atoms with Crippen molar-refractivity contribution in [3.63, 3.8) is 0 Å². The number of rotatable bonds is 10. The van der Waals surface area contributed by atoms with Gasteiger partial charge in [0.05, 0.1) is 26.5 Å². The van der Waals surface area contributed by atoms with Crippen molar-refractivity contribution in [3.05, 3.63) is 69.1 Å². The Morgan fingerprint density at radius 3 is 2.38 bits per heavy atom. The highest BCUT2D eigenvalue weighted by atomic mass is 35.5. The average Bonchev–Trinajstić information content (AvgIpc) is 3.27. The quantitative estimate of drug-likeness (QED) is 0.369. The molecule has 1 aromatic heterocycles. The van der Waals surface area contributed by atoms with Crippen molar-refractivity contribution >= 4 is 28.8 Å². The molecular formula is C24H27ClN2O4S. The number of aromatic nitrogens is 1. The predicted molar refractivity (Wildman–Crippen MR) is 127 cm³/mol. The third kappa shape index (κ3) is 5.72. The highest BCUT2D eigenvalue weighted by molar-refractivity contribution is 7.09. The van der Waals surface area contributed by atoms with Crippen LogP contribution >= 0.6 is 22.9 Å². The van der Waals surface area contributed by atoms with Gasteiger partial charge in [-0.25, -0.2) is 4.98 Å². The van der Waals surface area contributed by atoms with Gasteiger partial charge >= 0.3 is 0 Å². The first-order chi connectivity index (χ1) is 15.5. The zero-order valence-electron chi connectivity index (χ0n) is 18.6. The minimum absolute atomic E-state index is 0.0411. The normalized spacial score (nSPS) is 11.7. The van der Waals surface area contributed by atoms with Crippen molar-refractivity contribution in [2.24, 2.45) is 0 Å². The van der Waals surface area contributed by atoms with E-state index in [0.717, 1.165) is 17.1 Å². The summed E-state index contributed by atoms with van der Waals surface area (Å²) in [5.41, 5.74) is 1.43. The zero-order chi connectivity index (χ0) is 23.1. The van der Waals surface area contributed by atoms with Crippen molar-refractivity contribution in [2.45, 2.75) is 39.5 Å². The summed E-state index contributed by atoms with van der Waals surface area (Å²) in [5.74, 6) is 1.68. The van der Waals surface area contributed by atoms with E-state index in [4.69, 9.17) is 25.8 Å². The number of methoxy groups -OCH3 is 2. The molecule has 0 spiro atoms. The molecule has 3 aromatic rings. The summed E-state index contributed by atoms with van der Waals surface area (Å²) >= 11 is 7.46. The lowest BCUT2D eigenvalue weighted by Gasteiger charge is -2.28. The number of para-hydroxylation sites is 1. The van der Waals surface area contributed by atoms with Gasteiger partial charge < -0.3 is 19.1 Å². The van der Waals surface area contributed by atoms with E-state index in [0.29, 0.717) is 34.4 Å². The smallest absolute Gasteiger partial charge is 0.254 e. The average molecular weight is 475 g/mol. The molecule has 0 aliphatic rings. The monoisotopic (exact) mass is 474 g/mol. The van der Waals surface area contributed by atoms with Gasteiger partial charge in [0.15, 0.2) is 11.5 Å². The van der Waals surface area contributed by atoms with E-state index >= 15 is 0 Å². The second-order valence-corrected chi connectivity index (χ2v) is 8.59. The van der Waals surface area contributed by atoms with E-state index in [1.165, 1.54) is 11.3 Å². The van der Waals surface area contributed by atoms with E-state index in [-0.39, 0.29) is 18.6 Å². The molecule has 1 amide bonds. The van der Waals surface area contributed by atoms with Crippen LogP contribution in [0.1, 0.15) is 41.3 Å². The highest BCUT2D eigenvalue weighted by Gasteiger charge is 2.22. The van der Waals surface area contributed by atoms with E-state index in [1.54, 1.807) is 38.5 Å². The Morgan fingerprint density at radius 2 is 1.78 bits per heavy atom. The number of thiazole rings is 1. The lowest BCUT2D eigenvalue weighted by molar-refractivity contribution is 0.0669. The minimum atomic E-state index is -0.0411. The Hall–Kier alpha value is -2.77. The largest absolute Gasteiger partial charge is 0.493 e. The lowest BCUT2D eigenvalue weighted by Crippen LogP contribution is -2.37. The third-order valence-corrected chi connectivity index (χ3v) is 6.25. The Balaban J connectivity index is 1.72. The van der Waals surface area contributed by atoms with Crippen LogP contribution in [0.3, 0.4) is 0 Å². The summed E-state index contributed by atoms with van der Waals surface area (Å²) in [7, 11) is 3.18. The number of nitrogens with zero attached hydrogens (tertiary/aromatic N) is 2. The fourth-order valence-corrected chi connectivity index (χ4v) is 3.98. The Kier molecular flexibility index (Phi) is 8.36. The summed E-state index contributed by atoms with van der Waals surface area (Å²) in [6.45, 7) is 4.80. The van der Waals surface area contributed by atoms with Gasteiger partial charge in [-0.05, 0) is 49.7 Å². The van der Waals surface area contributed by atoms with E-state index < -0.39 is 0 Å². The summed E-state index contributed by atoms with van der Waals surface area (Å²) in [4.78, 5) is 19.6. The molecule has 1 atom stereocenters. The fourth-order valence-electron chi connectivity index (χ4n) is 3.16. The van der Waals surface area contributed by atoms with Crippen LogP contribution in [0.2, 0.25) is 5.02 Å². The zero-order valence-corrected chi connectivity index (χ0v) is 20.2. The van der Waals surface area contributed by atoms with Gasteiger partial charge in [0.1, 0.15) is 11.6 Å². The molecule has 6 nitrogen and oxygen atoms in total. The number of hydrogen-bond acceptors (Lipinski definition) is 6. The molecule has 0 aliphatic carbocycles.